The molecule has 0 aliphatic rings. The molecular formula is C12H18OS. The lowest BCUT2D eigenvalue weighted by Crippen LogP contribution is -2.16. The van der Waals surface area contributed by atoms with Gasteiger partial charge < -0.3 is 4.74 Å². The highest BCUT2D eigenvalue weighted by Crippen LogP contribution is 2.21. The van der Waals surface area contributed by atoms with Crippen molar-refractivity contribution in [1.29, 1.82) is 0 Å². The standard InChI is InChI=1S/C12H18OS/c1-12(2,3)9-13-10-5-7-11(14-4)8-6-10/h5-8H,9H2,1-4H3. The topological polar surface area (TPSA) is 9.23 Å². The Morgan fingerprint density at radius 2 is 1.71 bits per heavy atom. The fraction of sp³-hybridized carbons (Fsp3) is 0.500. The largest absolute Gasteiger partial charge is 0.493 e. The number of hydrogen-bond acceptors (Lipinski definition) is 2. The van der Waals surface area contributed by atoms with E-state index < -0.39 is 0 Å². The van der Waals surface area contributed by atoms with Gasteiger partial charge in [-0.25, -0.2) is 0 Å². The van der Waals surface area contributed by atoms with E-state index >= 15 is 0 Å². The third kappa shape index (κ3) is 4.05. The monoisotopic (exact) mass is 210 g/mol. The maximum atomic E-state index is 5.66. The van der Waals surface area contributed by atoms with Gasteiger partial charge in [-0.3, -0.25) is 0 Å². The molecule has 1 rings (SSSR count). The molecule has 0 saturated carbocycles. The van der Waals surface area contributed by atoms with Crippen molar-refractivity contribution >= 4 is 11.8 Å². The fourth-order valence-corrected chi connectivity index (χ4v) is 1.38. The highest BCUT2D eigenvalue weighted by atomic mass is 32.2. The maximum absolute atomic E-state index is 5.66. The van der Waals surface area contributed by atoms with Gasteiger partial charge in [-0.05, 0) is 35.9 Å². The highest BCUT2D eigenvalue weighted by Gasteiger charge is 2.10. The first-order valence-electron chi connectivity index (χ1n) is 4.78. The maximum Gasteiger partial charge on any atom is 0.119 e. The van der Waals surface area contributed by atoms with Gasteiger partial charge in [0.05, 0.1) is 6.61 Å². The van der Waals surface area contributed by atoms with Gasteiger partial charge in [0.25, 0.3) is 0 Å². The molecule has 0 spiro atoms. The first kappa shape index (κ1) is 11.4. The fourth-order valence-electron chi connectivity index (χ4n) is 0.972. The van der Waals surface area contributed by atoms with Gasteiger partial charge in [0.2, 0.25) is 0 Å². The molecule has 0 amide bonds. The molecule has 0 unspecified atom stereocenters. The van der Waals surface area contributed by atoms with Gasteiger partial charge in [-0.1, -0.05) is 20.8 Å². The summed E-state index contributed by atoms with van der Waals surface area (Å²) in [5, 5.41) is 0. The van der Waals surface area contributed by atoms with Crippen LogP contribution >= 0.6 is 11.8 Å². The Morgan fingerprint density at radius 1 is 1.14 bits per heavy atom. The summed E-state index contributed by atoms with van der Waals surface area (Å²) in [5.41, 5.74) is 0.220. The second-order valence-electron chi connectivity index (χ2n) is 4.52. The lowest BCUT2D eigenvalue weighted by Gasteiger charge is -2.18. The van der Waals surface area contributed by atoms with E-state index in [4.69, 9.17) is 4.74 Å². The number of rotatable bonds is 3. The minimum Gasteiger partial charge on any atom is -0.493 e. The van der Waals surface area contributed by atoms with Crippen LogP contribution in [-0.2, 0) is 0 Å². The molecule has 14 heavy (non-hydrogen) atoms. The molecule has 0 atom stereocenters. The summed E-state index contributed by atoms with van der Waals surface area (Å²) in [5.74, 6) is 0.956. The summed E-state index contributed by atoms with van der Waals surface area (Å²) in [6, 6.07) is 8.22. The highest BCUT2D eigenvalue weighted by molar-refractivity contribution is 7.98. The number of ether oxygens (including phenoxy) is 1. The van der Waals surface area contributed by atoms with E-state index in [1.54, 1.807) is 11.8 Å². The number of thioether (sulfide) groups is 1. The van der Waals surface area contributed by atoms with Crippen molar-refractivity contribution in [1.82, 2.24) is 0 Å². The summed E-state index contributed by atoms with van der Waals surface area (Å²) >= 11 is 1.75. The van der Waals surface area contributed by atoms with Crippen LogP contribution in [0.15, 0.2) is 29.2 Å². The summed E-state index contributed by atoms with van der Waals surface area (Å²) in [6.45, 7) is 7.27. The Bertz CT molecular complexity index is 271. The molecule has 0 fully saturated rings. The predicted molar refractivity (Wildman–Crippen MR) is 63.2 cm³/mol. The van der Waals surface area contributed by atoms with Crippen LogP contribution in [0.3, 0.4) is 0 Å². The van der Waals surface area contributed by atoms with E-state index in [0.717, 1.165) is 12.4 Å². The molecule has 0 aromatic heterocycles. The van der Waals surface area contributed by atoms with Crippen molar-refractivity contribution in [2.75, 3.05) is 12.9 Å². The van der Waals surface area contributed by atoms with E-state index in [0.29, 0.717) is 0 Å². The van der Waals surface area contributed by atoms with Crippen LogP contribution in [0.25, 0.3) is 0 Å². The summed E-state index contributed by atoms with van der Waals surface area (Å²) in [6.07, 6.45) is 2.07. The van der Waals surface area contributed by atoms with E-state index in [1.165, 1.54) is 4.90 Å². The Labute approximate surface area is 90.9 Å². The molecule has 0 saturated heterocycles. The predicted octanol–water partition coefficient (Wildman–Crippen LogP) is 3.83. The molecule has 0 aliphatic carbocycles. The molecule has 78 valence electrons. The van der Waals surface area contributed by atoms with Crippen molar-refractivity contribution in [2.24, 2.45) is 5.41 Å². The van der Waals surface area contributed by atoms with Crippen LogP contribution in [0, 0.1) is 5.41 Å². The van der Waals surface area contributed by atoms with Crippen molar-refractivity contribution in [2.45, 2.75) is 25.7 Å². The van der Waals surface area contributed by atoms with Crippen LogP contribution in [0.1, 0.15) is 20.8 Å². The summed E-state index contributed by atoms with van der Waals surface area (Å²) in [4.78, 5) is 1.27. The molecule has 2 heteroatoms. The molecule has 1 aromatic rings. The first-order chi connectivity index (χ1) is 6.51. The molecule has 0 N–H and O–H groups in total. The lowest BCUT2D eigenvalue weighted by atomic mass is 9.99. The molecule has 0 radical (unpaired) electrons. The van der Waals surface area contributed by atoms with Crippen molar-refractivity contribution in [3.63, 3.8) is 0 Å². The van der Waals surface area contributed by atoms with Crippen LogP contribution in [0.2, 0.25) is 0 Å². The second kappa shape index (κ2) is 4.74. The summed E-state index contributed by atoms with van der Waals surface area (Å²) in [7, 11) is 0. The van der Waals surface area contributed by atoms with Gasteiger partial charge >= 0.3 is 0 Å². The zero-order valence-electron chi connectivity index (χ0n) is 9.33. The average Bonchev–Trinajstić information content (AvgIpc) is 2.14. The quantitative estimate of drug-likeness (QED) is 0.701. The minimum atomic E-state index is 0.220. The zero-order chi connectivity index (χ0) is 10.6. The Morgan fingerprint density at radius 3 is 2.14 bits per heavy atom. The van der Waals surface area contributed by atoms with Crippen LogP contribution < -0.4 is 4.74 Å². The molecule has 0 heterocycles. The second-order valence-corrected chi connectivity index (χ2v) is 5.40. The zero-order valence-corrected chi connectivity index (χ0v) is 10.1. The van der Waals surface area contributed by atoms with E-state index in [9.17, 15) is 0 Å². The van der Waals surface area contributed by atoms with Gasteiger partial charge in [0.15, 0.2) is 0 Å². The third-order valence-electron chi connectivity index (χ3n) is 1.73. The summed E-state index contributed by atoms with van der Waals surface area (Å²) < 4.78 is 5.66. The average molecular weight is 210 g/mol. The van der Waals surface area contributed by atoms with Crippen molar-refractivity contribution in [3.05, 3.63) is 24.3 Å². The molecule has 1 aromatic carbocycles. The SMILES string of the molecule is CSc1ccc(OCC(C)(C)C)cc1. The van der Waals surface area contributed by atoms with Crippen LogP contribution in [0.4, 0.5) is 0 Å². The van der Waals surface area contributed by atoms with Crippen LogP contribution in [-0.4, -0.2) is 12.9 Å². The normalized spacial score (nSPS) is 11.4. The molecule has 0 aliphatic heterocycles. The van der Waals surface area contributed by atoms with Gasteiger partial charge in [0, 0.05) is 4.90 Å². The first-order valence-corrected chi connectivity index (χ1v) is 6.00. The minimum absolute atomic E-state index is 0.220. The van der Waals surface area contributed by atoms with E-state index in [1.807, 2.05) is 12.1 Å². The molecule has 0 bridgehead atoms. The lowest BCUT2D eigenvalue weighted by molar-refractivity contribution is 0.198. The van der Waals surface area contributed by atoms with Crippen molar-refractivity contribution < 1.29 is 4.74 Å². The van der Waals surface area contributed by atoms with E-state index in [-0.39, 0.29) is 5.41 Å². The smallest absolute Gasteiger partial charge is 0.119 e. The molecule has 1 nitrogen and oxygen atoms in total. The van der Waals surface area contributed by atoms with Crippen LogP contribution in [0.5, 0.6) is 5.75 Å². The number of hydrogen-bond donors (Lipinski definition) is 0. The Kier molecular flexibility index (Phi) is 3.87. The Hall–Kier alpha value is -0.630. The van der Waals surface area contributed by atoms with Crippen molar-refractivity contribution in [3.8, 4) is 5.75 Å². The van der Waals surface area contributed by atoms with Gasteiger partial charge in [-0.15, -0.1) is 11.8 Å². The number of benzene rings is 1. The van der Waals surface area contributed by atoms with Gasteiger partial charge in [0.1, 0.15) is 5.75 Å². The third-order valence-corrected chi connectivity index (χ3v) is 2.47. The Balaban J connectivity index is 2.52. The molecular weight excluding hydrogens is 192 g/mol. The van der Waals surface area contributed by atoms with E-state index in [2.05, 4.69) is 39.2 Å². The van der Waals surface area contributed by atoms with Gasteiger partial charge in [-0.2, -0.15) is 0 Å².